The monoisotopic (exact) mass is 262 g/mol. The minimum Gasteiger partial charge on any atom is -0.365 e. The summed E-state index contributed by atoms with van der Waals surface area (Å²) in [6.07, 6.45) is 3.65. The molecule has 1 aliphatic rings. The van der Waals surface area contributed by atoms with Gasteiger partial charge < -0.3 is 15.8 Å². The first kappa shape index (κ1) is 14.0. The number of carbonyl (C=O) groups is 1. The molecule has 0 heterocycles. The minimum atomic E-state index is -0.449. The van der Waals surface area contributed by atoms with Crippen molar-refractivity contribution in [1.82, 2.24) is 0 Å². The van der Waals surface area contributed by atoms with Crippen molar-refractivity contribution in [3.05, 3.63) is 30.3 Å². The summed E-state index contributed by atoms with van der Waals surface area (Å²) in [5, 5.41) is 2.85. The van der Waals surface area contributed by atoms with Crippen LogP contribution in [-0.4, -0.2) is 24.2 Å². The van der Waals surface area contributed by atoms with Gasteiger partial charge >= 0.3 is 0 Å². The lowest BCUT2D eigenvalue weighted by molar-refractivity contribution is -0.131. The molecule has 1 saturated carbocycles. The lowest BCUT2D eigenvalue weighted by Gasteiger charge is -2.28. The average molecular weight is 262 g/mol. The van der Waals surface area contributed by atoms with Crippen molar-refractivity contribution in [3.8, 4) is 0 Å². The van der Waals surface area contributed by atoms with E-state index in [1.165, 1.54) is 0 Å². The largest absolute Gasteiger partial charge is 0.365 e. The van der Waals surface area contributed by atoms with Gasteiger partial charge in [-0.3, -0.25) is 4.79 Å². The molecule has 0 saturated heterocycles. The van der Waals surface area contributed by atoms with E-state index in [1.54, 1.807) is 6.92 Å². The molecule has 1 aromatic carbocycles. The second kappa shape index (κ2) is 6.68. The molecule has 1 fully saturated rings. The van der Waals surface area contributed by atoms with Gasteiger partial charge in [0.05, 0.1) is 6.10 Å². The smallest absolute Gasteiger partial charge is 0.253 e. The third-order valence-corrected chi connectivity index (χ3v) is 3.47. The highest BCUT2D eigenvalue weighted by Gasteiger charge is 2.24. The number of amides is 1. The van der Waals surface area contributed by atoms with Crippen LogP contribution in [-0.2, 0) is 9.53 Å². The van der Waals surface area contributed by atoms with Gasteiger partial charge in [-0.15, -0.1) is 0 Å². The summed E-state index contributed by atoms with van der Waals surface area (Å²) in [5.41, 5.74) is 6.71. The van der Waals surface area contributed by atoms with Gasteiger partial charge in [-0.2, -0.15) is 0 Å². The number of hydrogen-bond acceptors (Lipinski definition) is 3. The van der Waals surface area contributed by atoms with Crippen molar-refractivity contribution in [2.45, 2.75) is 50.9 Å². The Hall–Kier alpha value is -1.39. The molecular weight excluding hydrogens is 240 g/mol. The first-order valence-corrected chi connectivity index (χ1v) is 6.92. The lowest BCUT2D eigenvalue weighted by atomic mass is 9.93. The predicted molar refractivity (Wildman–Crippen MR) is 75.9 cm³/mol. The first-order chi connectivity index (χ1) is 9.15. The summed E-state index contributed by atoms with van der Waals surface area (Å²) in [5.74, 6) is -0.106. The molecule has 1 aliphatic carbocycles. The van der Waals surface area contributed by atoms with E-state index in [1.807, 2.05) is 30.3 Å². The van der Waals surface area contributed by atoms with Gasteiger partial charge in [0, 0.05) is 11.7 Å². The van der Waals surface area contributed by atoms with E-state index in [0.717, 1.165) is 31.4 Å². The Kier molecular flexibility index (Phi) is 4.93. The number of ether oxygens (including phenoxy) is 1. The topological polar surface area (TPSA) is 64.3 Å². The van der Waals surface area contributed by atoms with E-state index in [9.17, 15) is 4.79 Å². The summed E-state index contributed by atoms with van der Waals surface area (Å²) in [7, 11) is 0. The summed E-state index contributed by atoms with van der Waals surface area (Å²) < 4.78 is 5.80. The molecule has 0 bridgehead atoms. The van der Waals surface area contributed by atoms with E-state index in [4.69, 9.17) is 10.5 Å². The zero-order valence-corrected chi connectivity index (χ0v) is 11.3. The molecule has 0 aliphatic heterocycles. The highest BCUT2D eigenvalue weighted by molar-refractivity contribution is 5.93. The Labute approximate surface area is 114 Å². The van der Waals surface area contributed by atoms with Crippen LogP contribution in [0.1, 0.15) is 32.6 Å². The fourth-order valence-corrected chi connectivity index (χ4v) is 2.42. The standard InChI is InChI=1S/C15H22N2O2/c1-11(19-14-9-5-6-12(16)10-14)15(18)17-13-7-3-2-4-8-13/h2-4,7-8,11-12,14H,5-6,9-10,16H2,1H3,(H,17,18). The lowest BCUT2D eigenvalue weighted by Crippen LogP contribution is -2.37. The maximum atomic E-state index is 12.0. The average Bonchev–Trinajstić information content (AvgIpc) is 2.40. The number of nitrogens with two attached hydrogens (primary N) is 1. The minimum absolute atomic E-state index is 0.106. The summed E-state index contributed by atoms with van der Waals surface area (Å²) in [6, 6.07) is 9.63. The van der Waals surface area contributed by atoms with E-state index < -0.39 is 6.10 Å². The Morgan fingerprint density at radius 1 is 1.37 bits per heavy atom. The van der Waals surface area contributed by atoms with Crippen molar-refractivity contribution >= 4 is 11.6 Å². The number of rotatable bonds is 4. The molecular formula is C15H22N2O2. The van der Waals surface area contributed by atoms with E-state index in [-0.39, 0.29) is 18.1 Å². The fraction of sp³-hybridized carbons (Fsp3) is 0.533. The van der Waals surface area contributed by atoms with Crippen LogP contribution in [0, 0.1) is 0 Å². The van der Waals surface area contributed by atoms with Crippen molar-refractivity contribution in [1.29, 1.82) is 0 Å². The number of carbonyl (C=O) groups excluding carboxylic acids is 1. The van der Waals surface area contributed by atoms with Gasteiger partial charge in [-0.25, -0.2) is 0 Å². The highest BCUT2D eigenvalue weighted by Crippen LogP contribution is 2.21. The van der Waals surface area contributed by atoms with Gasteiger partial charge in [-0.1, -0.05) is 18.2 Å². The Balaban J connectivity index is 1.82. The molecule has 3 atom stereocenters. The Morgan fingerprint density at radius 3 is 2.79 bits per heavy atom. The van der Waals surface area contributed by atoms with Crippen LogP contribution in [0.25, 0.3) is 0 Å². The number of hydrogen-bond donors (Lipinski definition) is 2. The van der Waals surface area contributed by atoms with Crippen molar-refractivity contribution < 1.29 is 9.53 Å². The summed E-state index contributed by atoms with van der Waals surface area (Å²) in [6.45, 7) is 1.79. The van der Waals surface area contributed by atoms with Gasteiger partial charge in [0.1, 0.15) is 6.10 Å². The van der Waals surface area contributed by atoms with Crippen LogP contribution in [0.4, 0.5) is 5.69 Å². The van der Waals surface area contributed by atoms with Crippen molar-refractivity contribution in [2.75, 3.05) is 5.32 Å². The van der Waals surface area contributed by atoms with Gasteiger partial charge in [-0.05, 0) is 44.7 Å². The molecule has 3 N–H and O–H groups in total. The van der Waals surface area contributed by atoms with Crippen molar-refractivity contribution in [2.24, 2.45) is 5.73 Å². The summed E-state index contributed by atoms with van der Waals surface area (Å²) in [4.78, 5) is 12.0. The maximum Gasteiger partial charge on any atom is 0.253 e. The molecule has 19 heavy (non-hydrogen) atoms. The first-order valence-electron chi connectivity index (χ1n) is 6.92. The zero-order chi connectivity index (χ0) is 13.7. The summed E-state index contributed by atoms with van der Waals surface area (Å²) >= 11 is 0. The van der Waals surface area contributed by atoms with Crippen molar-refractivity contribution in [3.63, 3.8) is 0 Å². The van der Waals surface area contributed by atoms with Gasteiger partial charge in [0.15, 0.2) is 0 Å². The number of para-hydroxylation sites is 1. The number of anilines is 1. The molecule has 3 unspecified atom stereocenters. The zero-order valence-electron chi connectivity index (χ0n) is 11.3. The van der Waals surface area contributed by atoms with Crippen LogP contribution in [0.3, 0.4) is 0 Å². The van der Waals surface area contributed by atoms with E-state index in [0.29, 0.717) is 0 Å². The van der Waals surface area contributed by atoms with Crippen LogP contribution in [0.2, 0.25) is 0 Å². The van der Waals surface area contributed by atoms with Crippen LogP contribution in [0.15, 0.2) is 30.3 Å². The third kappa shape index (κ3) is 4.33. The van der Waals surface area contributed by atoms with Gasteiger partial charge in [0.25, 0.3) is 5.91 Å². The van der Waals surface area contributed by atoms with Crippen LogP contribution in [0.5, 0.6) is 0 Å². The van der Waals surface area contributed by atoms with Crippen LogP contribution >= 0.6 is 0 Å². The molecule has 0 aromatic heterocycles. The number of benzene rings is 1. The second-order valence-corrected chi connectivity index (χ2v) is 5.18. The number of nitrogens with one attached hydrogen (secondary N) is 1. The molecule has 4 nitrogen and oxygen atoms in total. The Bertz CT molecular complexity index is 408. The predicted octanol–water partition coefficient (Wildman–Crippen LogP) is 2.30. The quantitative estimate of drug-likeness (QED) is 0.875. The molecule has 0 spiro atoms. The molecule has 104 valence electrons. The molecule has 1 aromatic rings. The fourth-order valence-electron chi connectivity index (χ4n) is 2.42. The van der Waals surface area contributed by atoms with E-state index >= 15 is 0 Å². The second-order valence-electron chi connectivity index (χ2n) is 5.18. The van der Waals surface area contributed by atoms with E-state index in [2.05, 4.69) is 5.32 Å². The molecule has 1 amide bonds. The highest BCUT2D eigenvalue weighted by atomic mass is 16.5. The maximum absolute atomic E-state index is 12.0. The van der Waals surface area contributed by atoms with Crippen LogP contribution < -0.4 is 11.1 Å². The van der Waals surface area contributed by atoms with Gasteiger partial charge in [0.2, 0.25) is 0 Å². The molecule has 4 heteroatoms. The third-order valence-electron chi connectivity index (χ3n) is 3.47. The molecule has 0 radical (unpaired) electrons. The SMILES string of the molecule is CC(OC1CCCC(N)C1)C(=O)Nc1ccccc1. The Morgan fingerprint density at radius 2 is 2.11 bits per heavy atom. The molecule has 2 rings (SSSR count). The normalized spacial score (nSPS) is 24.7.